The summed E-state index contributed by atoms with van der Waals surface area (Å²) in [4.78, 5) is 21.1. The van der Waals surface area contributed by atoms with Crippen LogP contribution in [-0.4, -0.2) is 40.2 Å². The largest absolute Gasteiger partial charge is 0.477 e. The van der Waals surface area contributed by atoms with Crippen LogP contribution in [-0.2, 0) is 0 Å². The van der Waals surface area contributed by atoms with Crippen LogP contribution in [0.4, 0.5) is 10.1 Å². The SMILES string of the molecule is CC(=NCCO)Nc1c(C(=O)O)sc2nc(C)cc(-c3ccc(F)cc3)c12. The minimum absolute atomic E-state index is 0.100. The Morgan fingerprint density at radius 2 is 2.04 bits per heavy atom. The minimum Gasteiger partial charge on any atom is -0.477 e. The number of carboxylic acids is 1. The van der Waals surface area contributed by atoms with E-state index in [1.54, 1.807) is 19.1 Å². The number of carboxylic acid groups (broad SMARTS) is 1. The van der Waals surface area contributed by atoms with Gasteiger partial charge in [0, 0.05) is 11.1 Å². The fraction of sp³-hybridized carbons (Fsp3) is 0.211. The number of aryl methyl sites for hydroxylation is 1. The number of aliphatic imine (C=N–C) groups is 1. The van der Waals surface area contributed by atoms with Gasteiger partial charge in [-0.2, -0.15) is 0 Å². The van der Waals surface area contributed by atoms with Gasteiger partial charge in [-0.05, 0) is 43.2 Å². The van der Waals surface area contributed by atoms with Crippen molar-refractivity contribution in [1.29, 1.82) is 0 Å². The summed E-state index contributed by atoms with van der Waals surface area (Å²) in [6, 6.07) is 7.88. The van der Waals surface area contributed by atoms with Gasteiger partial charge in [0.2, 0.25) is 0 Å². The zero-order valence-corrected chi connectivity index (χ0v) is 15.6. The van der Waals surface area contributed by atoms with Crippen molar-refractivity contribution in [3.05, 3.63) is 46.7 Å². The number of pyridine rings is 1. The van der Waals surface area contributed by atoms with Crippen molar-refractivity contribution in [2.45, 2.75) is 13.8 Å². The van der Waals surface area contributed by atoms with Crippen LogP contribution >= 0.6 is 11.3 Å². The summed E-state index contributed by atoms with van der Waals surface area (Å²) in [5.74, 6) is -0.933. The number of halogens is 1. The Labute approximate surface area is 159 Å². The number of thiophene rings is 1. The Hall–Kier alpha value is -2.84. The quantitative estimate of drug-likeness (QED) is 0.455. The first-order chi connectivity index (χ1) is 12.9. The number of carbonyl (C=O) groups is 1. The standard InChI is InChI=1S/C19H18FN3O3S/c1-10-9-14(12-3-5-13(20)6-4-12)15-16(23-11(2)21-7-8-24)17(19(25)26)27-18(15)22-10/h3-6,9,24H,7-8H2,1-2H3,(H,21,23)(H,25,26). The molecular weight excluding hydrogens is 369 g/mol. The van der Waals surface area contributed by atoms with Crippen LogP contribution in [0.2, 0.25) is 0 Å². The molecule has 0 spiro atoms. The second-order valence-corrected chi connectivity index (χ2v) is 6.92. The Kier molecular flexibility index (Phi) is 5.48. The lowest BCUT2D eigenvalue weighted by atomic mass is 10.0. The fourth-order valence-electron chi connectivity index (χ4n) is 2.79. The number of benzene rings is 1. The monoisotopic (exact) mass is 387 g/mol. The number of aromatic carboxylic acids is 1. The molecule has 3 aromatic rings. The third-order valence-corrected chi connectivity index (χ3v) is 4.97. The molecule has 6 nitrogen and oxygen atoms in total. The van der Waals surface area contributed by atoms with Crippen molar-refractivity contribution >= 4 is 39.0 Å². The number of hydrogen-bond donors (Lipinski definition) is 3. The van der Waals surface area contributed by atoms with E-state index in [0.717, 1.165) is 28.2 Å². The molecule has 2 heterocycles. The van der Waals surface area contributed by atoms with Crippen LogP contribution in [0.15, 0.2) is 35.3 Å². The zero-order valence-electron chi connectivity index (χ0n) is 14.8. The van der Waals surface area contributed by atoms with Gasteiger partial charge in [0.25, 0.3) is 0 Å². The zero-order chi connectivity index (χ0) is 19.6. The Balaban J connectivity index is 2.26. The molecule has 0 atom stereocenters. The van der Waals surface area contributed by atoms with Crippen LogP contribution in [0.25, 0.3) is 21.3 Å². The number of nitrogens with zero attached hydrogens (tertiary/aromatic N) is 2. The van der Waals surface area contributed by atoms with Gasteiger partial charge >= 0.3 is 5.97 Å². The highest BCUT2D eigenvalue weighted by molar-refractivity contribution is 7.21. The molecule has 2 aromatic heterocycles. The molecule has 1 aromatic carbocycles. The summed E-state index contributed by atoms with van der Waals surface area (Å²) >= 11 is 1.07. The van der Waals surface area contributed by atoms with Gasteiger partial charge in [-0.1, -0.05) is 12.1 Å². The van der Waals surface area contributed by atoms with E-state index in [2.05, 4.69) is 15.3 Å². The average Bonchev–Trinajstić information content (AvgIpc) is 2.98. The van der Waals surface area contributed by atoms with Gasteiger partial charge in [-0.15, -0.1) is 11.3 Å². The number of aromatic nitrogens is 1. The van der Waals surface area contributed by atoms with Crippen molar-refractivity contribution < 1.29 is 19.4 Å². The molecule has 0 saturated heterocycles. The highest BCUT2D eigenvalue weighted by atomic mass is 32.1. The van der Waals surface area contributed by atoms with E-state index in [1.165, 1.54) is 12.1 Å². The first-order valence-electron chi connectivity index (χ1n) is 8.23. The van der Waals surface area contributed by atoms with E-state index < -0.39 is 5.97 Å². The van der Waals surface area contributed by atoms with Crippen molar-refractivity contribution in [2.75, 3.05) is 18.5 Å². The lowest BCUT2D eigenvalue weighted by Gasteiger charge is -2.10. The van der Waals surface area contributed by atoms with Crippen LogP contribution < -0.4 is 5.32 Å². The normalized spacial score (nSPS) is 11.8. The molecule has 3 rings (SSSR count). The van der Waals surface area contributed by atoms with E-state index in [9.17, 15) is 14.3 Å². The molecule has 140 valence electrons. The third kappa shape index (κ3) is 3.96. The van der Waals surface area contributed by atoms with Crippen molar-refractivity contribution in [3.8, 4) is 11.1 Å². The predicted octanol–water partition coefficient (Wildman–Crippen LogP) is 3.93. The predicted molar refractivity (Wildman–Crippen MR) is 105 cm³/mol. The maximum atomic E-state index is 13.3. The number of amidine groups is 1. The number of aliphatic hydroxyl groups excluding tert-OH is 1. The molecule has 0 bridgehead atoms. The molecule has 0 saturated carbocycles. The Morgan fingerprint density at radius 1 is 1.33 bits per heavy atom. The summed E-state index contributed by atoms with van der Waals surface area (Å²) in [6.45, 7) is 3.64. The molecule has 0 unspecified atom stereocenters. The van der Waals surface area contributed by atoms with E-state index >= 15 is 0 Å². The lowest BCUT2D eigenvalue weighted by molar-refractivity contribution is 0.0703. The van der Waals surface area contributed by atoms with Gasteiger partial charge in [-0.3, -0.25) is 4.99 Å². The Morgan fingerprint density at radius 3 is 2.67 bits per heavy atom. The fourth-order valence-corrected chi connectivity index (χ4v) is 3.83. The van der Waals surface area contributed by atoms with Crippen LogP contribution in [0.1, 0.15) is 22.3 Å². The third-order valence-electron chi connectivity index (χ3n) is 3.89. The van der Waals surface area contributed by atoms with Crippen LogP contribution in [0.3, 0.4) is 0 Å². The second kappa shape index (κ2) is 7.81. The van der Waals surface area contributed by atoms with Gasteiger partial charge in [-0.25, -0.2) is 14.2 Å². The average molecular weight is 387 g/mol. The van der Waals surface area contributed by atoms with Crippen LogP contribution in [0, 0.1) is 12.7 Å². The minimum atomic E-state index is -1.07. The van der Waals surface area contributed by atoms with Gasteiger partial charge < -0.3 is 15.5 Å². The molecular formula is C19H18FN3O3S. The number of fused-ring (bicyclic) bond motifs is 1. The summed E-state index contributed by atoms with van der Waals surface area (Å²) < 4.78 is 13.3. The van der Waals surface area contributed by atoms with Crippen LogP contribution in [0.5, 0.6) is 0 Å². The van der Waals surface area contributed by atoms with Crippen molar-refractivity contribution in [2.24, 2.45) is 4.99 Å². The first kappa shape index (κ1) is 18.9. The van der Waals surface area contributed by atoms with E-state index in [0.29, 0.717) is 21.7 Å². The summed E-state index contributed by atoms with van der Waals surface area (Å²) in [5, 5.41) is 22.3. The Bertz CT molecular complexity index is 1030. The first-order valence-corrected chi connectivity index (χ1v) is 9.04. The molecule has 8 heteroatoms. The van der Waals surface area contributed by atoms with Gasteiger partial charge in [0.15, 0.2) is 0 Å². The molecule has 27 heavy (non-hydrogen) atoms. The molecule has 3 N–H and O–H groups in total. The second-order valence-electron chi connectivity index (χ2n) is 5.93. The lowest BCUT2D eigenvalue weighted by Crippen LogP contribution is -2.11. The summed E-state index contributed by atoms with van der Waals surface area (Å²) in [7, 11) is 0. The molecule has 0 amide bonds. The number of anilines is 1. The molecule has 0 aliphatic heterocycles. The van der Waals surface area contributed by atoms with E-state index in [4.69, 9.17) is 5.11 Å². The smallest absolute Gasteiger partial charge is 0.348 e. The highest BCUT2D eigenvalue weighted by Crippen LogP contribution is 2.41. The topological polar surface area (TPSA) is 94.8 Å². The molecule has 0 radical (unpaired) electrons. The highest BCUT2D eigenvalue weighted by Gasteiger charge is 2.22. The summed E-state index contributed by atoms with van der Waals surface area (Å²) in [6.07, 6.45) is 0. The van der Waals surface area contributed by atoms with Gasteiger partial charge in [0.05, 0.1) is 24.7 Å². The number of aliphatic hydroxyl groups is 1. The van der Waals surface area contributed by atoms with Gasteiger partial charge in [0.1, 0.15) is 15.5 Å². The molecule has 0 aliphatic rings. The maximum absolute atomic E-state index is 13.3. The van der Waals surface area contributed by atoms with E-state index in [1.807, 2.05) is 13.0 Å². The molecule has 0 aliphatic carbocycles. The van der Waals surface area contributed by atoms with Crippen molar-refractivity contribution in [3.63, 3.8) is 0 Å². The number of rotatable bonds is 5. The maximum Gasteiger partial charge on any atom is 0.348 e. The number of nitrogens with one attached hydrogen (secondary N) is 1. The summed E-state index contributed by atoms with van der Waals surface area (Å²) in [5.41, 5.74) is 2.65. The van der Waals surface area contributed by atoms with Crippen molar-refractivity contribution in [1.82, 2.24) is 4.98 Å². The van der Waals surface area contributed by atoms with E-state index in [-0.39, 0.29) is 23.8 Å². The molecule has 0 fully saturated rings. The number of hydrogen-bond acceptors (Lipinski definition) is 5.